The molecule has 1 aromatic heterocycles. The fourth-order valence-corrected chi connectivity index (χ4v) is 5.17. The Balaban J connectivity index is 1.54. The highest BCUT2D eigenvalue weighted by Gasteiger charge is 2.34. The molecule has 1 fully saturated rings. The number of fused-ring (bicyclic) bond motifs is 1. The number of nitrogens with zero attached hydrogens (tertiary/aromatic N) is 2. The Hall–Kier alpha value is -3.65. The van der Waals surface area contributed by atoms with Crippen LogP contribution >= 0.6 is 0 Å². The van der Waals surface area contributed by atoms with Crippen LogP contribution in [0.5, 0.6) is 0 Å². The third kappa shape index (κ3) is 5.54. The summed E-state index contributed by atoms with van der Waals surface area (Å²) >= 11 is 0. The van der Waals surface area contributed by atoms with E-state index >= 15 is 0 Å². The molecule has 3 aromatic carbocycles. The fraction of sp³-hybridized carbons (Fsp3) is 0.310. The first-order chi connectivity index (χ1) is 17.9. The van der Waals surface area contributed by atoms with E-state index in [1.807, 2.05) is 54.6 Å². The summed E-state index contributed by atoms with van der Waals surface area (Å²) in [5.74, 6) is 0.461. The Labute approximate surface area is 213 Å². The van der Waals surface area contributed by atoms with Gasteiger partial charge in [0.15, 0.2) is 0 Å². The van der Waals surface area contributed by atoms with E-state index in [9.17, 15) is 18.0 Å². The number of rotatable bonds is 8. The molecule has 5 nitrogen and oxygen atoms in total. The molecule has 4 aromatic rings. The van der Waals surface area contributed by atoms with Gasteiger partial charge in [-0.1, -0.05) is 66.7 Å². The number of hydrogen-bond acceptors (Lipinski definition) is 4. The van der Waals surface area contributed by atoms with Crippen molar-refractivity contribution in [1.82, 2.24) is 15.1 Å². The number of nitrogens with one attached hydrogen (secondary N) is 1. The van der Waals surface area contributed by atoms with Crippen LogP contribution in [-0.4, -0.2) is 29.3 Å². The molecule has 5 rings (SSSR count). The molecular formula is C29H28F3N3O2. The van der Waals surface area contributed by atoms with Gasteiger partial charge in [0.2, 0.25) is 0 Å². The van der Waals surface area contributed by atoms with Crippen LogP contribution in [0.4, 0.5) is 13.2 Å². The molecule has 0 amide bonds. The van der Waals surface area contributed by atoms with Crippen molar-refractivity contribution < 1.29 is 22.7 Å². The second-order valence-electron chi connectivity index (χ2n) is 9.46. The first-order valence-electron chi connectivity index (χ1n) is 12.4. The Morgan fingerprint density at radius 3 is 2.41 bits per heavy atom. The van der Waals surface area contributed by atoms with Crippen molar-refractivity contribution in [2.75, 3.05) is 13.1 Å². The van der Waals surface area contributed by atoms with Crippen molar-refractivity contribution in [3.63, 3.8) is 0 Å². The van der Waals surface area contributed by atoms with Crippen LogP contribution < -0.4 is 5.32 Å². The highest BCUT2D eigenvalue weighted by molar-refractivity contribution is 5.95. The number of ether oxygens (including phenoxy) is 1. The summed E-state index contributed by atoms with van der Waals surface area (Å²) in [5, 5.41) is 8.22. The number of benzene rings is 3. The maximum absolute atomic E-state index is 13.8. The van der Waals surface area contributed by atoms with E-state index in [1.165, 1.54) is 6.07 Å². The molecular weight excluding hydrogens is 479 g/mol. The zero-order valence-corrected chi connectivity index (χ0v) is 20.2. The maximum atomic E-state index is 13.8. The predicted octanol–water partition coefficient (Wildman–Crippen LogP) is 6.37. The SMILES string of the molecule is O=COC(CC1CCNCC1)c1ccc(-c2c3cccc(C(F)(F)F)c3nn2Cc2ccccc2)cc1. The second-order valence-corrected chi connectivity index (χ2v) is 9.46. The summed E-state index contributed by atoms with van der Waals surface area (Å²) in [6.07, 6.45) is -2.08. The van der Waals surface area contributed by atoms with Crippen LogP contribution in [0.2, 0.25) is 0 Å². The number of aromatic nitrogens is 2. The van der Waals surface area contributed by atoms with Gasteiger partial charge < -0.3 is 10.1 Å². The van der Waals surface area contributed by atoms with E-state index in [-0.39, 0.29) is 11.6 Å². The molecule has 0 radical (unpaired) electrons. The number of alkyl halides is 3. The molecule has 2 heterocycles. The summed E-state index contributed by atoms with van der Waals surface area (Å²) in [4.78, 5) is 11.2. The molecule has 1 aliphatic heterocycles. The van der Waals surface area contributed by atoms with Crippen molar-refractivity contribution in [3.05, 3.63) is 89.5 Å². The number of piperidine rings is 1. The van der Waals surface area contributed by atoms with E-state index in [0.717, 1.165) is 55.1 Å². The number of hydrogen-bond donors (Lipinski definition) is 1. The lowest BCUT2D eigenvalue weighted by Crippen LogP contribution is -2.28. The van der Waals surface area contributed by atoms with Gasteiger partial charge in [0, 0.05) is 10.9 Å². The van der Waals surface area contributed by atoms with Gasteiger partial charge in [0.1, 0.15) is 11.6 Å². The lowest BCUT2D eigenvalue weighted by atomic mass is 9.89. The van der Waals surface area contributed by atoms with Gasteiger partial charge in [0.05, 0.1) is 17.8 Å². The molecule has 192 valence electrons. The average Bonchev–Trinajstić information content (AvgIpc) is 3.27. The van der Waals surface area contributed by atoms with Crippen LogP contribution in [0, 0.1) is 5.92 Å². The Kier molecular flexibility index (Phi) is 7.28. The minimum Gasteiger partial charge on any atom is -0.460 e. The van der Waals surface area contributed by atoms with E-state index in [1.54, 1.807) is 10.7 Å². The van der Waals surface area contributed by atoms with Gasteiger partial charge in [-0.25, -0.2) is 0 Å². The zero-order valence-electron chi connectivity index (χ0n) is 20.2. The van der Waals surface area contributed by atoms with Gasteiger partial charge in [-0.05, 0) is 55.5 Å². The predicted molar refractivity (Wildman–Crippen MR) is 136 cm³/mol. The van der Waals surface area contributed by atoms with Gasteiger partial charge in [-0.15, -0.1) is 0 Å². The third-order valence-corrected chi connectivity index (χ3v) is 7.03. The van der Waals surface area contributed by atoms with Crippen LogP contribution in [0.1, 0.15) is 42.1 Å². The summed E-state index contributed by atoms with van der Waals surface area (Å²) in [6, 6.07) is 21.2. The lowest BCUT2D eigenvalue weighted by molar-refractivity contribution is -0.136. The van der Waals surface area contributed by atoms with Crippen molar-refractivity contribution in [1.29, 1.82) is 0 Å². The molecule has 0 aliphatic carbocycles. The Morgan fingerprint density at radius 2 is 1.73 bits per heavy atom. The van der Waals surface area contributed by atoms with Crippen LogP contribution in [0.25, 0.3) is 22.2 Å². The van der Waals surface area contributed by atoms with Crippen molar-refractivity contribution in [3.8, 4) is 11.3 Å². The van der Waals surface area contributed by atoms with E-state index in [4.69, 9.17) is 4.74 Å². The van der Waals surface area contributed by atoms with Crippen molar-refractivity contribution >= 4 is 17.4 Å². The molecule has 1 atom stereocenters. The third-order valence-electron chi connectivity index (χ3n) is 7.03. The fourth-order valence-electron chi connectivity index (χ4n) is 5.17. The second kappa shape index (κ2) is 10.8. The topological polar surface area (TPSA) is 56.1 Å². The normalized spacial score (nSPS) is 15.5. The smallest absolute Gasteiger partial charge is 0.418 e. The van der Waals surface area contributed by atoms with E-state index in [0.29, 0.717) is 30.0 Å². The van der Waals surface area contributed by atoms with Gasteiger partial charge >= 0.3 is 6.18 Å². The Morgan fingerprint density at radius 1 is 1.00 bits per heavy atom. The van der Waals surface area contributed by atoms with Gasteiger partial charge in [-0.2, -0.15) is 18.3 Å². The quantitative estimate of drug-likeness (QED) is 0.282. The van der Waals surface area contributed by atoms with Crippen molar-refractivity contribution in [2.45, 2.75) is 38.1 Å². The first kappa shape index (κ1) is 25.0. The molecule has 1 saturated heterocycles. The zero-order chi connectivity index (χ0) is 25.8. The summed E-state index contributed by atoms with van der Waals surface area (Å²) in [7, 11) is 0. The average molecular weight is 508 g/mol. The lowest BCUT2D eigenvalue weighted by Gasteiger charge is -2.26. The Bertz CT molecular complexity index is 1340. The monoisotopic (exact) mass is 507 g/mol. The summed E-state index contributed by atoms with van der Waals surface area (Å²) < 4.78 is 48.5. The van der Waals surface area contributed by atoms with Gasteiger partial charge in [-0.3, -0.25) is 9.48 Å². The highest BCUT2D eigenvalue weighted by Crippen LogP contribution is 2.39. The molecule has 37 heavy (non-hydrogen) atoms. The van der Waals surface area contributed by atoms with Crippen LogP contribution in [0.3, 0.4) is 0 Å². The number of halogens is 3. The number of carbonyl (C=O) groups excluding carboxylic acids is 1. The standard InChI is InChI=1S/C29H28F3N3O2/c30-29(31,32)25-8-4-7-24-27(25)34-35(18-21-5-2-1-3-6-21)28(24)23-11-9-22(10-12-23)26(37-19-36)17-20-13-15-33-16-14-20/h1-12,19-20,26,33H,13-18H2. The van der Waals surface area contributed by atoms with Gasteiger partial charge in [0.25, 0.3) is 6.47 Å². The largest absolute Gasteiger partial charge is 0.460 e. The minimum atomic E-state index is -4.51. The first-order valence-corrected chi connectivity index (χ1v) is 12.4. The maximum Gasteiger partial charge on any atom is 0.418 e. The minimum absolute atomic E-state index is 0.0712. The molecule has 1 aliphatic rings. The molecule has 0 bridgehead atoms. The molecule has 1 unspecified atom stereocenters. The summed E-state index contributed by atoms with van der Waals surface area (Å²) in [5.41, 5.74) is 2.33. The van der Waals surface area contributed by atoms with E-state index < -0.39 is 11.7 Å². The molecule has 1 N–H and O–H groups in total. The molecule has 0 saturated carbocycles. The van der Waals surface area contributed by atoms with Crippen LogP contribution in [0.15, 0.2) is 72.8 Å². The van der Waals surface area contributed by atoms with Crippen LogP contribution in [-0.2, 0) is 22.3 Å². The van der Waals surface area contributed by atoms with E-state index in [2.05, 4.69) is 10.4 Å². The molecule has 8 heteroatoms. The summed E-state index contributed by atoms with van der Waals surface area (Å²) in [6.45, 7) is 2.73. The van der Waals surface area contributed by atoms with Crippen molar-refractivity contribution in [2.24, 2.45) is 5.92 Å². The molecule has 0 spiro atoms. The highest BCUT2D eigenvalue weighted by atomic mass is 19.4. The number of carbonyl (C=O) groups is 1.